The molecule has 1 N–H and O–H groups in total. The Morgan fingerprint density at radius 2 is 2.12 bits per heavy atom. The maximum absolute atomic E-state index is 9.07. The van der Waals surface area contributed by atoms with Gasteiger partial charge >= 0.3 is 0 Å². The molecule has 0 fully saturated rings. The molecular weight excluding hydrogens is 247 g/mol. The number of hydrogen-bond acceptors (Lipinski definition) is 2. The van der Waals surface area contributed by atoms with Crippen molar-refractivity contribution in [3.8, 4) is 0 Å². The third-order valence-corrected chi connectivity index (χ3v) is 3.17. The number of nitrogens with zero attached hydrogens (tertiary/aromatic N) is 2. The highest BCUT2D eigenvalue weighted by Crippen LogP contribution is 2.26. The van der Waals surface area contributed by atoms with Gasteiger partial charge in [0.1, 0.15) is 12.4 Å². The minimum Gasteiger partial charge on any atom is -0.388 e. The summed E-state index contributed by atoms with van der Waals surface area (Å²) in [5.74, 6) is 0.607. The van der Waals surface area contributed by atoms with Crippen LogP contribution in [0.4, 0.5) is 0 Å². The molecule has 0 aliphatic rings. The Morgan fingerprint density at radius 1 is 1.31 bits per heavy atom. The highest BCUT2D eigenvalue weighted by Gasteiger charge is 2.07. The highest BCUT2D eigenvalue weighted by atomic mass is 35.5. The Hall–Kier alpha value is -1.03. The molecule has 0 saturated carbocycles. The molecule has 0 unspecified atom stereocenters. The molecular formula is C11H10Cl2N2O. The summed E-state index contributed by atoms with van der Waals surface area (Å²) in [6.07, 6.45) is 3.44. The molecule has 0 bridgehead atoms. The highest BCUT2D eigenvalue weighted by molar-refractivity contribution is 6.42. The van der Waals surface area contributed by atoms with Crippen molar-refractivity contribution in [2.45, 2.75) is 13.2 Å². The van der Waals surface area contributed by atoms with E-state index in [4.69, 9.17) is 28.3 Å². The largest absolute Gasteiger partial charge is 0.388 e. The molecule has 0 aliphatic carbocycles. The second kappa shape index (κ2) is 4.87. The lowest BCUT2D eigenvalue weighted by Crippen LogP contribution is -2.04. The van der Waals surface area contributed by atoms with E-state index in [1.165, 1.54) is 0 Å². The maximum atomic E-state index is 9.07. The zero-order valence-electron chi connectivity index (χ0n) is 8.40. The third-order valence-electron chi connectivity index (χ3n) is 2.32. The number of rotatable bonds is 3. The summed E-state index contributed by atoms with van der Waals surface area (Å²) in [6.45, 7) is 0.459. The second-order valence-corrected chi connectivity index (χ2v) is 4.13. The molecule has 16 heavy (non-hydrogen) atoms. The topological polar surface area (TPSA) is 38.1 Å². The van der Waals surface area contributed by atoms with E-state index in [-0.39, 0.29) is 6.61 Å². The molecule has 0 aliphatic heterocycles. The molecule has 1 heterocycles. The van der Waals surface area contributed by atoms with Crippen LogP contribution in [0.1, 0.15) is 11.4 Å². The number of aromatic nitrogens is 2. The summed E-state index contributed by atoms with van der Waals surface area (Å²) in [6, 6.07) is 5.49. The van der Waals surface area contributed by atoms with Crippen LogP contribution in [-0.2, 0) is 13.2 Å². The first kappa shape index (κ1) is 11.5. The number of halogens is 2. The van der Waals surface area contributed by atoms with Crippen LogP contribution < -0.4 is 0 Å². The number of hydrogen-bond donors (Lipinski definition) is 1. The first-order valence-corrected chi connectivity index (χ1v) is 5.51. The lowest BCUT2D eigenvalue weighted by Gasteiger charge is -2.08. The van der Waals surface area contributed by atoms with E-state index in [0.717, 1.165) is 5.56 Å². The Morgan fingerprint density at radius 3 is 2.88 bits per heavy atom. The molecule has 0 atom stereocenters. The van der Waals surface area contributed by atoms with Gasteiger partial charge in [0, 0.05) is 12.4 Å². The molecule has 0 amide bonds. The quantitative estimate of drug-likeness (QED) is 0.918. The molecule has 1 aromatic carbocycles. The van der Waals surface area contributed by atoms with E-state index in [1.54, 1.807) is 18.5 Å². The van der Waals surface area contributed by atoms with Crippen LogP contribution in [0.15, 0.2) is 30.6 Å². The Bertz CT molecular complexity index is 496. The fraction of sp³-hybridized carbons (Fsp3) is 0.182. The van der Waals surface area contributed by atoms with E-state index < -0.39 is 0 Å². The van der Waals surface area contributed by atoms with Crippen LogP contribution in [0.5, 0.6) is 0 Å². The van der Waals surface area contributed by atoms with E-state index in [9.17, 15) is 0 Å². The third kappa shape index (κ3) is 2.21. The van der Waals surface area contributed by atoms with Gasteiger partial charge in [-0.1, -0.05) is 35.3 Å². The summed E-state index contributed by atoms with van der Waals surface area (Å²) >= 11 is 12.0. The van der Waals surface area contributed by atoms with Crippen LogP contribution in [0.2, 0.25) is 10.0 Å². The van der Waals surface area contributed by atoms with Gasteiger partial charge < -0.3 is 9.67 Å². The van der Waals surface area contributed by atoms with Crippen molar-refractivity contribution < 1.29 is 5.11 Å². The molecule has 84 valence electrons. The zero-order valence-corrected chi connectivity index (χ0v) is 9.91. The molecule has 2 rings (SSSR count). The number of imidazole rings is 1. The van der Waals surface area contributed by atoms with Gasteiger partial charge in [-0.15, -0.1) is 0 Å². The monoisotopic (exact) mass is 256 g/mol. The van der Waals surface area contributed by atoms with E-state index in [0.29, 0.717) is 22.4 Å². The number of aliphatic hydroxyl groups is 1. The maximum Gasteiger partial charge on any atom is 0.134 e. The Balaban J connectivity index is 2.30. The minimum absolute atomic E-state index is 0.0921. The standard InChI is InChI=1S/C11H10Cl2N2O/c12-9-3-1-2-8(11(9)13)6-15-5-4-14-10(15)7-16/h1-5,16H,6-7H2. The molecule has 2 aromatic rings. The predicted octanol–water partition coefficient (Wildman–Crippen LogP) is 2.73. The fourth-order valence-electron chi connectivity index (χ4n) is 1.49. The van der Waals surface area contributed by atoms with Crippen LogP contribution in [0.3, 0.4) is 0 Å². The SMILES string of the molecule is OCc1nccn1Cc1cccc(Cl)c1Cl. The van der Waals surface area contributed by atoms with Crippen molar-refractivity contribution in [1.29, 1.82) is 0 Å². The predicted molar refractivity (Wildman–Crippen MR) is 63.7 cm³/mol. The average Bonchev–Trinajstić information content (AvgIpc) is 2.72. The average molecular weight is 257 g/mol. The van der Waals surface area contributed by atoms with Crippen molar-refractivity contribution in [3.05, 3.63) is 52.0 Å². The number of aliphatic hydroxyl groups excluding tert-OH is 1. The molecule has 3 nitrogen and oxygen atoms in total. The molecule has 0 saturated heterocycles. The van der Waals surface area contributed by atoms with Crippen molar-refractivity contribution in [1.82, 2.24) is 9.55 Å². The van der Waals surface area contributed by atoms with Gasteiger partial charge in [-0.25, -0.2) is 4.98 Å². The molecule has 5 heteroatoms. The summed E-state index contributed by atoms with van der Waals surface area (Å²) in [5, 5.41) is 10.1. The molecule has 0 spiro atoms. The zero-order chi connectivity index (χ0) is 11.5. The van der Waals surface area contributed by atoms with Gasteiger partial charge in [0.25, 0.3) is 0 Å². The van der Waals surface area contributed by atoms with E-state index in [2.05, 4.69) is 4.98 Å². The van der Waals surface area contributed by atoms with Crippen molar-refractivity contribution in [2.75, 3.05) is 0 Å². The second-order valence-electron chi connectivity index (χ2n) is 3.34. The van der Waals surface area contributed by atoms with Gasteiger partial charge in [0.05, 0.1) is 16.6 Å². The summed E-state index contributed by atoms with van der Waals surface area (Å²) < 4.78 is 1.83. The van der Waals surface area contributed by atoms with Gasteiger partial charge in [0.15, 0.2) is 0 Å². The normalized spacial score (nSPS) is 10.7. The summed E-state index contributed by atoms with van der Waals surface area (Å²) in [4.78, 5) is 4.02. The smallest absolute Gasteiger partial charge is 0.134 e. The minimum atomic E-state index is -0.0921. The lowest BCUT2D eigenvalue weighted by atomic mass is 10.2. The molecule has 1 aromatic heterocycles. The first-order chi connectivity index (χ1) is 7.72. The molecule has 0 radical (unpaired) electrons. The van der Waals surface area contributed by atoms with Crippen LogP contribution in [0.25, 0.3) is 0 Å². The first-order valence-electron chi connectivity index (χ1n) is 4.76. The van der Waals surface area contributed by atoms with Crippen molar-refractivity contribution in [2.24, 2.45) is 0 Å². The van der Waals surface area contributed by atoms with Crippen LogP contribution in [0, 0.1) is 0 Å². The van der Waals surface area contributed by atoms with Crippen LogP contribution >= 0.6 is 23.2 Å². The number of benzene rings is 1. The van der Waals surface area contributed by atoms with E-state index in [1.807, 2.05) is 16.7 Å². The van der Waals surface area contributed by atoms with Crippen molar-refractivity contribution >= 4 is 23.2 Å². The van der Waals surface area contributed by atoms with Crippen LogP contribution in [-0.4, -0.2) is 14.7 Å². The van der Waals surface area contributed by atoms with Gasteiger partial charge in [-0.05, 0) is 11.6 Å². The Labute approximate surface area is 103 Å². The summed E-state index contributed by atoms with van der Waals surface area (Å²) in [5.41, 5.74) is 0.905. The Kier molecular flexibility index (Phi) is 3.49. The summed E-state index contributed by atoms with van der Waals surface area (Å²) in [7, 11) is 0. The lowest BCUT2D eigenvalue weighted by molar-refractivity contribution is 0.266. The van der Waals surface area contributed by atoms with Gasteiger partial charge in [-0.2, -0.15) is 0 Å². The van der Waals surface area contributed by atoms with E-state index >= 15 is 0 Å². The fourth-order valence-corrected chi connectivity index (χ4v) is 1.87. The van der Waals surface area contributed by atoms with Crippen molar-refractivity contribution in [3.63, 3.8) is 0 Å². The van der Waals surface area contributed by atoms with Gasteiger partial charge in [0.2, 0.25) is 0 Å². The van der Waals surface area contributed by atoms with Gasteiger partial charge in [-0.3, -0.25) is 0 Å².